The number of anilines is 1. The van der Waals surface area contributed by atoms with Crippen molar-refractivity contribution in [3.63, 3.8) is 0 Å². The highest BCUT2D eigenvalue weighted by Crippen LogP contribution is 2.27. The third-order valence-corrected chi connectivity index (χ3v) is 4.91. The van der Waals surface area contributed by atoms with E-state index < -0.39 is 5.41 Å². The molecule has 1 saturated heterocycles. The molecule has 0 aliphatic carbocycles. The lowest BCUT2D eigenvalue weighted by atomic mass is 9.83. The lowest BCUT2D eigenvalue weighted by Gasteiger charge is -2.39. The van der Waals surface area contributed by atoms with Gasteiger partial charge in [-0.2, -0.15) is 0 Å². The molecule has 1 fully saturated rings. The van der Waals surface area contributed by atoms with Gasteiger partial charge >= 0.3 is 0 Å². The third kappa shape index (κ3) is 3.76. The smallest absolute Gasteiger partial charge is 0.232 e. The van der Waals surface area contributed by atoms with Crippen LogP contribution < -0.4 is 4.90 Å². The summed E-state index contributed by atoms with van der Waals surface area (Å²) in [6.45, 7) is 8.64. The van der Waals surface area contributed by atoms with Crippen LogP contribution in [0.25, 0.3) is 0 Å². The van der Waals surface area contributed by atoms with Crippen molar-refractivity contribution in [1.29, 1.82) is 0 Å². The first-order chi connectivity index (χ1) is 11.9. The molecule has 6 heteroatoms. The SMILES string of the molecule is Cc1nc(Cl)cc(N2CCN(C(=O)C(C)(C)c3ccccc3)CC2)n1. The zero-order chi connectivity index (χ0) is 18.0. The molecule has 0 bridgehead atoms. The van der Waals surface area contributed by atoms with Crippen molar-refractivity contribution < 1.29 is 4.79 Å². The number of halogens is 1. The molecule has 25 heavy (non-hydrogen) atoms. The molecule has 0 radical (unpaired) electrons. The molecule has 1 aromatic carbocycles. The van der Waals surface area contributed by atoms with E-state index in [0.717, 1.165) is 24.5 Å². The molecule has 2 heterocycles. The summed E-state index contributed by atoms with van der Waals surface area (Å²) in [5.41, 5.74) is 0.513. The Labute approximate surface area is 153 Å². The standard InChI is InChI=1S/C19H23ClN4O/c1-14-21-16(20)13-17(22-14)23-9-11-24(12-10-23)18(25)19(2,3)15-7-5-4-6-8-15/h4-8,13H,9-12H2,1-3H3. The number of rotatable bonds is 3. The highest BCUT2D eigenvalue weighted by molar-refractivity contribution is 6.29. The van der Waals surface area contributed by atoms with Crippen LogP contribution in [0.2, 0.25) is 5.15 Å². The first-order valence-corrected chi connectivity index (χ1v) is 8.87. The Kier molecular flexibility index (Phi) is 4.95. The van der Waals surface area contributed by atoms with Crippen LogP contribution in [0.15, 0.2) is 36.4 Å². The van der Waals surface area contributed by atoms with Gasteiger partial charge in [-0.1, -0.05) is 41.9 Å². The summed E-state index contributed by atoms with van der Waals surface area (Å²) in [5, 5.41) is 0.450. The molecule has 0 atom stereocenters. The number of carbonyl (C=O) groups excluding carboxylic acids is 1. The van der Waals surface area contributed by atoms with Crippen LogP contribution >= 0.6 is 11.6 Å². The van der Waals surface area contributed by atoms with E-state index in [1.54, 1.807) is 6.07 Å². The molecule has 0 N–H and O–H groups in total. The Morgan fingerprint density at radius 1 is 1.08 bits per heavy atom. The second-order valence-electron chi connectivity index (χ2n) is 6.87. The number of hydrogen-bond acceptors (Lipinski definition) is 4. The maximum Gasteiger partial charge on any atom is 0.232 e. The van der Waals surface area contributed by atoms with Crippen molar-refractivity contribution >= 4 is 23.3 Å². The topological polar surface area (TPSA) is 49.3 Å². The van der Waals surface area contributed by atoms with Crippen LogP contribution in [0.1, 0.15) is 25.2 Å². The van der Waals surface area contributed by atoms with E-state index in [2.05, 4.69) is 14.9 Å². The predicted octanol–water partition coefficient (Wildman–Crippen LogP) is 3.06. The minimum atomic E-state index is -0.530. The first-order valence-electron chi connectivity index (χ1n) is 8.49. The molecular weight excluding hydrogens is 336 g/mol. The van der Waals surface area contributed by atoms with Crippen molar-refractivity contribution in [3.05, 3.63) is 52.9 Å². The average Bonchev–Trinajstić information content (AvgIpc) is 2.61. The number of benzene rings is 1. The molecule has 1 aliphatic heterocycles. The van der Waals surface area contributed by atoms with Gasteiger partial charge in [-0.15, -0.1) is 0 Å². The number of hydrogen-bond donors (Lipinski definition) is 0. The zero-order valence-corrected chi connectivity index (χ0v) is 15.6. The second kappa shape index (κ2) is 7.00. The number of nitrogens with zero attached hydrogens (tertiary/aromatic N) is 4. The summed E-state index contributed by atoms with van der Waals surface area (Å²) < 4.78 is 0. The van der Waals surface area contributed by atoms with Gasteiger partial charge in [0.1, 0.15) is 16.8 Å². The number of aryl methyl sites for hydroxylation is 1. The van der Waals surface area contributed by atoms with Crippen LogP contribution in [-0.2, 0) is 10.2 Å². The van der Waals surface area contributed by atoms with Gasteiger partial charge in [0, 0.05) is 32.2 Å². The van der Waals surface area contributed by atoms with Gasteiger partial charge in [0.25, 0.3) is 0 Å². The normalized spacial score (nSPS) is 15.4. The van der Waals surface area contributed by atoms with Crippen molar-refractivity contribution in [1.82, 2.24) is 14.9 Å². The Balaban J connectivity index is 1.68. The molecule has 3 rings (SSSR count). The summed E-state index contributed by atoms with van der Waals surface area (Å²) in [5.74, 6) is 1.65. The summed E-state index contributed by atoms with van der Waals surface area (Å²) in [7, 11) is 0. The fourth-order valence-corrected chi connectivity index (χ4v) is 3.41. The molecule has 132 valence electrons. The number of amides is 1. The van der Waals surface area contributed by atoms with E-state index in [1.165, 1.54) is 0 Å². The van der Waals surface area contributed by atoms with E-state index in [1.807, 2.05) is 56.0 Å². The van der Waals surface area contributed by atoms with Gasteiger partial charge in [-0.3, -0.25) is 4.79 Å². The Hall–Kier alpha value is -2.14. The lowest BCUT2D eigenvalue weighted by molar-refractivity contribution is -0.136. The summed E-state index contributed by atoms with van der Waals surface area (Å²) >= 11 is 6.03. The summed E-state index contributed by atoms with van der Waals surface area (Å²) in [4.78, 5) is 25.7. The maximum absolute atomic E-state index is 13.0. The number of aromatic nitrogens is 2. The average molecular weight is 359 g/mol. The lowest BCUT2D eigenvalue weighted by Crippen LogP contribution is -2.53. The first kappa shape index (κ1) is 17.7. The minimum Gasteiger partial charge on any atom is -0.353 e. The second-order valence-corrected chi connectivity index (χ2v) is 7.25. The van der Waals surface area contributed by atoms with Gasteiger partial charge in [-0.25, -0.2) is 9.97 Å². The van der Waals surface area contributed by atoms with Crippen LogP contribution in [0.5, 0.6) is 0 Å². The Bertz CT molecular complexity index is 735. The van der Waals surface area contributed by atoms with Gasteiger partial charge in [0.05, 0.1) is 5.41 Å². The van der Waals surface area contributed by atoms with Gasteiger partial charge in [0.2, 0.25) is 5.91 Å². The fourth-order valence-electron chi connectivity index (χ4n) is 3.19. The van der Waals surface area contributed by atoms with E-state index in [-0.39, 0.29) is 5.91 Å². The quantitative estimate of drug-likeness (QED) is 0.791. The molecule has 1 aromatic heterocycles. The summed E-state index contributed by atoms with van der Waals surface area (Å²) in [6, 6.07) is 11.7. The predicted molar refractivity (Wildman–Crippen MR) is 100 cm³/mol. The Morgan fingerprint density at radius 2 is 1.72 bits per heavy atom. The van der Waals surface area contributed by atoms with Gasteiger partial charge in [-0.05, 0) is 26.3 Å². The van der Waals surface area contributed by atoms with Crippen LogP contribution in [0.3, 0.4) is 0 Å². The van der Waals surface area contributed by atoms with Crippen molar-refractivity contribution in [2.45, 2.75) is 26.2 Å². The molecule has 1 amide bonds. The minimum absolute atomic E-state index is 0.162. The summed E-state index contributed by atoms with van der Waals surface area (Å²) in [6.07, 6.45) is 0. The van der Waals surface area contributed by atoms with Gasteiger partial charge < -0.3 is 9.80 Å². The highest BCUT2D eigenvalue weighted by atomic mass is 35.5. The molecule has 0 unspecified atom stereocenters. The molecule has 5 nitrogen and oxygen atoms in total. The van der Waals surface area contributed by atoms with Crippen molar-refractivity contribution in [2.24, 2.45) is 0 Å². The van der Waals surface area contributed by atoms with Gasteiger partial charge in [0.15, 0.2) is 0 Å². The van der Waals surface area contributed by atoms with Crippen molar-refractivity contribution in [3.8, 4) is 0 Å². The van der Waals surface area contributed by atoms with Crippen LogP contribution in [-0.4, -0.2) is 47.0 Å². The number of carbonyl (C=O) groups is 1. The maximum atomic E-state index is 13.0. The Morgan fingerprint density at radius 3 is 2.32 bits per heavy atom. The molecule has 2 aromatic rings. The fraction of sp³-hybridized carbons (Fsp3) is 0.421. The van der Waals surface area contributed by atoms with E-state index in [0.29, 0.717) is 24.1 Å². The molecule has 0 saturated carbocycles. The number of piperazine rings is 1. The van der Waals surface area contributed by atoms with E-state index in [9.17, 15) is 4.79 Å². The largest absolute Gasteiger partial charge is 0.353 e. The third-order valence-electron chi connectivity index (χ3n) is 4.71. The molecule has 1 aliphatic rings. The zero-order valence-electron chi connectivity index (χ0n) is 14.9. The molecule has 0 spiro atoms. The monoisotopic (exact) mass is 358 g/mol. The van der Waals surface area contributed by atoms with Crippen molar-refractivity contribution in [2.75, 3.05) is 31.1 Å². The van der Waals surface area contributed by atoms with Crippen LogP contribution in [0.4, 0.5) is 5.82 Å². The van der Waals surface area contributed by atoms with E-state index >= 15 is 0 Å². The highest BCUT2D eigenvalue weighted by Gasteiger charge is 2.35. The van der Waals surface area contributed by atoms with E-state index in [4.69, 9.17) is 11.6 Å². The van der Waals surface area contributed by atoms with Crippen LogP contribution in [0, 0.1) is 6.92 Å². The molecular formula is C19H23ClN4O.